The minimum absolute atomic E-state index is 0.138. The molecule has 7 nitrogen and oxygen atoms in total. The molecule has 1 fully saturated rings. The molecule has 2 N–H and O–H groups in total. The number of nitrogens with one attached hydrogen (secondary N) is 1. The molecule has 8 heteroatoms. The van der Waals surface area contributed by atoms with Crippen LogP contribution in [0.1, 0.15) is 42.1 Å². The second-order valence-electron chi connectivity index (χ2n) is 7.99. The van der Waals surface area contributed by atoms with Crippen LogP contribution >= 0.6 is 0 Å². The molecule has 3 aromatic heterocycles. The topological polar surface area (TPSA) is 96.2 Å². The number of amides is 1. The highest BCUT2D eigenvalue weighted by molar-refractivity contribution is 5.95. The maximum absolute atomic E-state index is 14.1. The average Bonchev–Trinajstić information content (AvgIpc) is 3.18. The fourth-order valence-corrected chi connectivity index (χ4v) is 4.30. The first-order valence-electron chi connectivity index (χ1n) is 10.6. The molecule has 1 aliphatic rings. The van der Waals surface area contributed by atoms with Gasteiger partial charge in [0.05, 0.1) is 28.4 Å². The number of imidazole rings is 1. The van der Waals surface area contributed by atoms with E-state index in [1.165, 1.54) is 18.5 Å². The summed E-state index contributed by atoms with van der Waals surface area (Å²) in [6.45, 7) is 0. The Bertz CT molecular complexity index is 1350. The molecule has 0 saturated heterocycles. The number of H-pyrrole nitrogens is 1. The predicted octanol–water partition coefficient (Wildman–Crippen LogP) is 3.78. The lowest BCUT2D eigenvalue weighted by Crippen LogP contribution is -2.29. The Morgan fingerprint density at radius 1 is 1.06 bits per heavy atom. The van der Waals surface area contributed by atoms with Crippen LogP contribution in [-0.4, -0.2) is 36.6 Å². The summed E-state index contributed by atoms with van der Waals surface area (Å²) in [5.41, 5.74) is 3.17. The quantitative estimate of drug-likeness (QED) is 0.483. The molecular weight excluding hydrogens is 409 g/mol. The predicted molar refractivity (Wildman–Crippen MR) is 117 cm³/mol. The van der Waals surface area contributed by atoms with Gasteiger partial charge < -0.3 is 14.7 Å². The Morgan fingerprint density at radius 3 is 2.69 bits per heavy atom. The summed E-state index contributed by atoms with van der Waals surface area (Å²) in [5.74, 6) is -1.09. The highest BCUT2D eigenvalue weighted by Crippen LogP contribution is 2.29. The zero-order valence-electron chi connectivity index (χ0n) is 17.3. The molecule has 0 bridgehead atoms. The number of rotatable bonds is 3. The molecule has 1 saturated carbocycles. The van der Waals surface area contributed by atoms with Crippen molar-refractivity contribution in [2.24, 2.45) is 4.99 Å². The first-order chi connectivity index (χ1) is 15.6. The normalized spacial score (nSPS) is 19.4. The molecule has 162 valence electrons. The molecule has 0 radical (unpaired) electrons. The zero-order chi connectivity index (χ0) is 22.1. The molecule has 0 unspecified atom stereocenters. The monoisotopic (exact) mass is 431 g/mol. The van der Waals surface area contributed by atoms with Crippen LogP contribution in [0.2, 0.25) is 0 Å². The summed E-state index contributed by atoms with van der Waals surface area (Å²) >= 11 is 0. The molecule has 1 aliphatic carbocycles. The molecule has 32 heavy (non-hydrogen) atoms. The van der Waals surface area contributed by atoms with Crippen LogP contribution in [0.5, 0.6) is 0 Å². The summed E-state index contributed by atoms with van der Waals surface area (Å²) in [5, 5.41) is 9.91. The number of aliphatic hydroxyl groups excluding tert-OH is 1. The molecule has 4 aromatic rings. The van der Waals surface area contributed by atoms with Gasteiger partial charge in [-0.3, -0.25) is 9.78 Å². The number of hydrogen-bond acceptors (Lipinski definition) is 4. The van der Waals surface area contributed by atoms with Crippen molar-refractivity contribution in [3.05, 3.63) is 78.1 Å². The smallest absolute Gasteiger partial charge is 0.280 e. The second-order valence-corrected chi connectivity index (χ2v) is 7.99. The Hall–Kier alpha value is -3.65. The number of benzene rings is 1. The SMILES string of the molecule is O=C(/N=c1\[nH]c2ccccc2n1[C@H]1CC[C@@H](O)CC1)c1ccnc(-c2cccnc2F)c1. The van der Waals surface area contributed by atoms with Crippen LogP contribution in [0.15, 0.2) is 65.9 Å². The van der Waals surface area contributed by atoms with E-state index < -0.39 is 11.9 Å². The van der Waals surface area contributed by atoms with Gasteiger partial charge in [0.25, 0.3) is 5.91 Å². The number of halogens is 1. The van der Waals surface area contributed by atoms with Crippen molar-refractivity contribution in [2.75, 3.05) is 0 Å². The van der Waals surface area contributed by atoms with Crippen molar-refractivity contribution in [3.63, 3.8) is 0 Å². The van der Waals surface area contributed by atoms with Crippen molar-refractivity contribution < 1.29 is 14.3 Å². The highest BCUT2D eigenvalue weighted by atomic mass is 19.1. The molecule has 0 spiro atoms. The third kappa shape index (κ3) is 3.85. The van der Waals surface area contributed by atoms with Gasteiger partial charge in [-0.15, -0.1) is 0 Å². The van der Waals surface area contributed by atoms with Crippen LogP contribution in [0, 0.1) is 5.95 Å². The standard InChI is InChI=1S/C24H22FN5O2/c25-22-18(4-3-12-27-22)20-14-15(11-13-26-20)23(32)29-24-28-19-5-1-2-6-21(19)30(24)16-7-9-17(31)10-8-16/h1-6,11-14,16-17,31H,7-10H2,(H,28,29,32)/t16-,17+. The summed E-state index contributed by atoms with van der Waals surface area (Å²) in [7, 11) is 0. The van der Waals surface area contributed by atoms with Crippen molar-refractivity contribution >= 4 is 16.9 Å². The fourth-order valence-electron chi connectivity index (χ4n) is 4.30. The van der Waals surface area contributed by atoms with Gasteiger partial charge in [0.1, 0.15) is 0 Å². The molecule has 0 atom stereocenters. The first-order valence-corrected chi connectivity index (χ1v) is 10.6. The third-order valence-corrected chi connectivity index (χ3v) is 5.92. The minimum Gasteiger partial charge on any atom is -0.393 e. The Kier molecular flexibility index (Phi) is 5.36. The number of nitrogens with zero attached hydrogens (tertiary/aromatic N) is 4. The number of aromatic amines is 1. The van der Waals surface area contributed by atoms with E-state index in [1.807, 2.05) is 24.3 Å². The lowest BCUT2D eigenvalue weighted by atomic mass is 9.93. The van der Waals surface area contributed by atoms with Crippen molar-refractivity contribution in [1.29, 1.82) is 0 Å². The van der Waals surface area contributed by atoms with E-state index in [1.54, 1.807) is 18.2 Å². The van der Waals surface area contributed by atoms with Crippen LogP contribution in [0.4, 0.5) is 4.39 Å². The summed E-state index contributed by atoms with van der Waals surface area (Å²) in [6.07, 6.45) is 5.61. The van der Waals surface area contributed by atoms with Crippen LogP contribution in [0.25, 0.3) is 22.3 Å². The number of aliphatic hydroxyl groups is 1. The molecule has 1 amide bonds. The Labute approximate surface area is 183 Å². The number of para-hydroxylation sites is 2. The van der Waals surface area contributed by atoms with E-state index in [2.05, 4.69) is 24.5 Å². The van der Waals surface area contributed by atoms with Crippen LogP contribution in [-0.2, 0) is 0 Å². The minimum atomic E-state index is -0.644. The average molecular weight is 431 g/mol. The maximum Gasteiger partial charge on any atom is 0.280 e. The van der Waals surface area contributed by atoms with E-state index in [0.29, 0.717) is 16.9 Å². The largest absolute Gasteiger partial charge is 0.393 e. The molecule has 3 heterocycles. The van der Waals surface area contributed by atoms with E-state index in [-0.39, 0.29) is 17.7 Å². The van der Waals surface area contributed by atoms with E-state index in [9.17, 15) is 14.3 Å². The van der Waals surface area contributed by atoms with Gasteiger partial charge in [-0.1, -0.05) is 12.1 Å². The lowest BCUT2D eigenvalue weighted by molar-refractivity contribution is 0.0990. The van der Waals surface area contributed by atoms with E-state index in [4.69, 9.17) is 0 Å². The molecule has 5 rings (SSSR count). The lowest BCUT2D eigenvalue weighted by Gasteiger charge is -2.27. The Morgan fingerprint density at radius 2 is 1.88 bits per heavy atom. The van der Waals surface area contributed by atoms with E-state index in [0.717, 1.165) is 36.7 Å². The number of fused-ring (bicyclic) bond motifs is 1. The molecule has 1 aromatic carbocycles. The molecular formula is C24H22FN5O2. The van der Waals surface area contributed by atoms with Crippen molar-refractivity contribution in [3.8, 4) is 11.3 Å². The van der Waals surface area contributed by atoms with Gasteiger partial charge >= 0.3 is 0 Å². The number of hydrogen-bond donors (Lipinski definition) is 2. The number of aromatic nitrogens is 4. The molecule has 0 aliphatic heterocycles. The van der Waals surface area contributed by atoms with Crippen LogP contribution in [0.3, 0.4) is 0 Å². The van der Waals surface area contributed by atoms with Gasteiger partial charge in [-0.05, 0) is 62.1 Å². The maximum atomic E-state index is 14.1. The zero-order valence-corrected chi connectivity index (χ0v) is 17.3. The van der Waals surface area contributed by atoms with Gasteiger partial charge in [0.15, 0.2) is 0 Å². The third-order valence-electron chi connectivity index (χ3n) is 5.92. The highest BCUT2D eigenvalue weighted by Gasteiger charge is 2.23. The van der Waals surface area contributed by atoms with Gasteiger partial charge in [0.2, 0.25) is 11.6 Å². The van der Waals surface area contributed by atoms with Gasteiger partial charge in [0, 0.05) is 24.0 Å². The van der Waals surface area contributed by atoms with Gasteiger partial charge in [-0.25, -0.2) is 4.98 Å². The fraction of sp³-hybridized carbons (Fsp3) is 0.250. The Balaban J connectivity index is 1.56. The summed E-state index contributed by atoms with van der Waals surface area (Å²) < 4.78 is 16.1. The number of pyridine rings is 2. The second kappa shape index (κ2) is 8.47. The van der Waals surface area contributed by atoms with Gasteiger partial charge in [-0.2, -0.15) is 9.38 Å². The summed E-state index contributed by atoms with van der Waals surface area (Å²) in [6, 6.07) is 14.2. The van der Waals surface area contributed by atoms with Crippen LogP contribution < -0.4 is 5.62 Å². The first kappa shape index (κ1) is 20.3. The summed E-state index contributed by atoms with van der Waals surface area (Å²) in [4.78, 5) is 28.5. The number of carbonyl (C=O) groups is 1. The van der Waals surface area contributed by atoms with Crippen molar-refractivity contribution in [1.82, 2.24) is 19.5 Å². The van der Waals surface area contributed by atoms with E-state index >= 15 is 0 Å². The van der Waals surface area contributed by atoms with Crippen molar-refractivity contribution in [2.45, 2.75) is 37.8 Å². The number of carbonyl (C=O) groups excluding carboxylic acids is 1.